The molecule has 1 aliphatic heterocycles. The molecule has 1 aromatic rings. The topological polar surface area (TPSA) is 49.8 Å². The second kappa shape index (κ2) is 7.54. The van der Waals surface area contributed by atoms with Gasteiger partial charge < -0.3 is 14.7 Å². The van der Waals surface area contributed by atoms with E-state index in [1.54, 1.807) is 24.0 Å². The third kappa shape index (κ3) is 4.66. The molecule has 6 heteroatoms. The Morgan fingerprint density at radius 2 is 2.27 bits per heavy atom. The highest BCUT2D eigenvalue weighted by atomic mass is 19.3. The predicted molar refractivity (Wildman–Crippen MR) is 77.8 cm³/mol. The molecule has 1 saturated heterocycles. The van der Waals surface area contributed by atoms with Gasteiger partial charge in [-0.05, 0) is 37.5 Å². The summed E-state index contributed by atoms with van der Waals surface area (Å²) in [6.45, 7) is 0.0860. The van der Waals surface area contributed by atoms with Gasteiger partial charge in [0.25, 0.3) is 0 Å². The fourth-order valence-corrected chi connectivity index (χ4v) is 2.75. The quantitative estimate of drug-likeness (QED) is 0.908. The Labute approximate surface area is 128 Å². The van der Waals surface area contributed by atoms with Crippen molar-refractivity contribution in [3.63, 3.8) is 0 Å². The minimum Gasteiger partial charge on any atom is -0.435 e. The van der Waals surface area contributed by atoms with Gasteiger partial charge in [-0.2, -0.15) is 8.78 Å². The Bertz CT molecular complexity index is 508. The molecule has 2 unspecified atom stereocenters. The van der Waals surface area contributed by atoms with Crippen molar-refractivity contribution in [3.8, 4) is 5.75 Å². The van der Waals surface area contributed by atoms with Crippen LogP contribution in [0.1, 0.15) is 25.3 Å². The van der Waals surface area contributed by atoms with E-state index in [-0.39, 0.29) is 24.0 Å². The standard InChI is InChI=1S/C16H21F2NO3/c1-11(20)13-5-3-7-19(10-13)15(21)9-12-4-2-6-14(8-12)22-16(17)18/h2,4,6,8,11,13,16,20H,3,5,7,9-10H2,1H3. The van der Waals surface area contributed by atoms with E-state index < -0.39 is 12.7 Å². The minimum absolute atomic E-state index is 0.0560. The zero-order valence-corrected chi connectivity index (χ0v) is 12.5. The van der Waals surface area contributed by atoms with Crippen LogP contribution < -0.4 is 4.74 Å². The molecule has 0 aliphatic carbocycles. The lowest BCUT2D eigenvalue weighted by Gasteiger charge is -2.34. The highest BCUT2D eigenvalue weighted by Crippen LogP contribution is 2.21. The smallest absolute Gasteiger partial charge is 0.387 e. The van der Waals surface area contributed by atoms with E-state index >= 15 is 0 Å². The average molecular weight is 313 g/mol. The molecule has 2 atom stereocenters. The number of piperidine rings is 1. The summed E-state index contributed by atoms with van der Waals surface area (Å²) in [4.78, 5) is 14.1. The molecule has 0 spiro atoms. The van der Waals surface area contributed by atoms with Gasteiger partial charge in [-0.1, -0.05) is 12.1 Å². The molecule has 1 heterocycles. The lowest BCUT2D eigenvalue weighted by molar-refractivity contribution is -0.133. The van der Waals surface area contributed by atoms with Gasteiger partial charge in [0.1, 0.15) is 5.75 Å². The second-order valence-electron chi connectivity index (χ2n) is 5.69. The second-order valence-corrected chi connectivity index (χ2v) is 5.69. The number of nitrogens with zero attached hydrogens (tertiary/aromatic N) is 1. The predicted octanol–water partition coefficient (Wildman–Crippen LogP) is 2.45. The summed E-state index contributed by atoms with van der Waals surface area (Å²) < 4.78 is 28.7. The number of halogens is 2. The molecule has 22 heavy (non-hydrogen) atoms. The molecule has 0 bridgehead atoms. The van der Waals surface area contributed by atoms with Gasteiger partial charge in [0.05, 0.1) is 12.5 Å². The molecule has 1 amide bonds. The van der Waals surface area contributed by atoms with E-state index in [0.29, 0.717) is 18.7 Å². The fraction of sp³-hybridized carbons (Fsp3) is 0.562. The molecule has 2 rings (SSSR count). The van der Waals surface area contributed by atoms with E-state index in [1.165, 1.54) is 12.1 Å². The molecule has 4 nitrogen and oxygen atoms in total. The maximum Gasteiger partial charge on any atom is 0.387 e. The van der Waals surface area contributed by atoms with Crippen molar-refractivity contribution >= 4 is 5.91 Å². The lowest BCUT2D eigenvalue weighted by atomic mass is 9.93. The number of alkyl halides is 2. The van der Waals surface area contributed by atoms with E-state index in [9.17, 15) is 18.7 Å². The molecular weight excluding hydrogens is 292 g/mol. The first-order valence-electron chi connectivity index (χ1n) is 7.45. The van der Waals surface area contributed by atoms with Crippen LogP contribution in [0.15, 0.2) is 24.3 Å². The van der Waals surface area contributed by atoms with Crippen LogP contribution >= 0.6 is 0 Å². The van der Waals surface area contributed by atoms with Crippen LogP contribution in [0.25, 0.3) is 0 Å². The van der Waals surface area contributed by atoms with Crippen LogP contribution in [0.5, 0.6) is 5.75 Å². The maximum atomic E-state index is 12.3. The van der Waals surface area contributed by atoms with Gasteiger partial charge in [0.2, 0.25) is 5.91 Å². The highest BCUT2D eigenvalue weighted by molar-refractivity contribution is 5.79. The Hall–Kier alpha value is -1.69. The zero-order valence-electron chi connectivity index (χ0n) is 12.5. The van der Waals surface area contributed by atoms with Crippen molar-refractivity contribution in [1.82, 2.24) is 4.90 Å². The highest BCUT2D eigenvalue weighted by Gasteiger charge is 2.26. The largest absolute Gasteiger partial charge is 0.435 e. The molecule has 122 valence electrons. The molecular formula is C16H21F2NO3. The number of aliphatic hydroxyl groups excluding tert-OH is 1. The molecule has 0 aromatic heterocycles. The Kier molecular flexibility index (Phi) is 5.71. The summed E-state index contributed by atoms with van der Waals surface area (Å²) in [7, 11) is 0. The molecule has 0 radical (unpaired) electrons. The minimum atomic E-state index is -2.88. The van der Waals surface area contributed by atoms with Gasteiger partial charge >= 0.3 is 6.61 Å². The summed E-state index contributed by atoms with van der Waals surface area (Å²) >= 11 is 0. The molecule has 1 fully saturated rings. The van der Waals surface area contributed by atoms with Crippen LogP contribution in [0.3, 0.4) is 0 Å². The van der Waals surface area contributed by atoms with Crippen molar-refractivity contribution < 1.29 is 23.4 Å². The van der Waals surface area contributed by atoms with Crippen molar-refractivity contribution in [2.45, 2.75) is 38.9 Å². The first-order valence-corrected chi connectivity index (χ1v) is 7.45. The Morgan fingerprint density at radius 3 is 2.95 bits per heavy atom. The average Bonchev–Trinajstić information content (AvgIpc) is 2.47. The number of benzene rings is 1. The van der Waals surface area contributed by atoms with Crippen LogP contribution in [-0.4, -0.2) is 41.7 Å². The summed E-state index contributed by atoms with van der Waals surface area (Å²) in [5.41, 5.74) is 0.641. The van der Waals surface area contributed by atoms with Gasteiger partial charge in [0, 0.05) is 19.0 Å². The van der Waals surface area contributed by atoms with Crippen molar-refractivity contribution in [3.05, 3.63) is 29.8 Å². The van der Waals surface area contributed by atoms with E-state index in [1.807, 2.05) is 0 Å². The number of hydrogen-bond acceptors (Lipinski definition) is 3. The number of carbonyl (C=O) groups is 1. The monoisotopic (exact) mass is 313 g/mol. The van der Waals surface area contributed by atoms with Crippen LogP contribution in [0.2, 0.25) is 0 Å². The first kappa shape index (κ1) is 16.7. The third-order valence-electron chi connectivity index (χ3n) is 3.97. The van der Waals surface area contributed by atoms with E-state index in [0.717, 1.165) is 12.8 Å². The first-order chi connectivity index (χ1) is 10.5. The Balaban J connectivity index is 1.96. The number of carbonyl (C=O) groups excluding carboxylic acids is 1. The SMILES string of the molecule is CC(O)C1CCCN(C(=O)Cc2cccc(OC(F)F)c2)C1. The van der Waals surface area contributed by atoms with E-state index in [2.05, 4.69) is 4.74 Å². The molecule has 0 saturated carbocycles. The summed E-state index contributed by atoms with van der Waals surface area (Å²) in [5.74, 6) is 0.103. The zero-order chi connectivity index (χ0) is 16.1. The molecule has 1 aromatic carbocycles. The number of rotatable bonds is 5. The number of ether oxygens (including phenoxy) is 1. The van der Waals surface area contributed by atoms with Gasteiger partial charge in [-0.15, -0.1) is 0 Å². The van der Waals surface area contributed by atoms with E-state index in [4.69, 9.17) is 0 Å². The lowest BCUT2D eigenvalue weighted by Crippen LogP contribution is -2.43. The number of hydrogen-bond donors (Lipinski definition) is 1. The van der Waals surface area contributed by atoms with Crippen molar-refractivity contribution in [1.29, 1.82) is 0 Å². The van der Waals surface area contributed by atoms with Gasteiger partial charge in [-0.25, -0.2) is 0 Å². The van der Waals surface area contributed by atoms with Crippen molar-refractivity contribution in [2.24, 2.45) is 5.92 Å². The van der Waals surface area contributed by atoms with Crippen LogP contribution in [0.4, 0.5) is 8.78 Å². The fourth-order valence-electron chi connectivity index (χ4n) is 2.75. The normalized spacial score (nSPS) is 20.0. The number of aliphatic hydroxyl groups is 1. The third-order valence-corrected chi connectivity index (χ3v) is 3.97. The number of likely N-dealkylation sites (tertiary alicyclic amines) is 1. The van der Waals surface area contributed by atoms with Crippen LogP contribution in [0, 0.1) is 5.92 Å². The maximum absolute atomic E-state index is 12.3. The van der Waals surface area contributed by atoms with Gasteiger partial charge in [-0.3, -0.25) is 4.79 Å². The summed E-state index contributed by atoms with van der Waals surface area (Å²) in [6, 6.07) is 6.20. The van der Waals surface area contributed by atoms with Crippen LogP contribution in [-0.2, 0) is 11.2 Å². The summed E-state index contributed by atoms with van der Waals surface area (Å²) in [5, 5.41) is 9.66. The van der Waals surface area contributed by atoms with Gasteiger partial charge in [0.15, 0.2) is 0 Å². The Morgan fingerprint density at radius 1 is 1.50 bits per heavy atom. The molecule has 1 N–H and O–H groups in total. The molecule has 1 aliphatic rings. The summed E-state index contributed by atoms with van der Waals surface area (Å²) in [6.07, 6.45) is 1.50. The number of amides is 1. The van der Waals surface area contributed by atoms with Crippen molar-refractivity contribution in [2.75, 3.05) is 13.1 Å².